The van der Waals surface area contributed by atoms with Crippen LogP contribution in [-0.4, -0.2) is 78.3 Å². The van der Waals surface area contributed by atoms with Crippen molar-refractivity contribution in [1.29, 1.82) is 0 Å². The summed E-state index contributed by atoms with van der Waals surface area (Å²) >= 11 is 6.17. The van der Waals surface area contributed by atoms with Crippen LogP contribution in [0, 0.1) is 0 Å². The van der Waals surface area contributed by atoms with Gasteiger partial charge in [0.2, 0.25) is 5.91 Å². The van der Waals surface area contributed by atoms with Crippen LogP contribution in [0.3, 0.4) is 0 Å². The predicted octanol–water partition coefficient (Wildman–Crippen LogP) is 4.49. The topological polar surface area (TPSA) is 101 Å². The summed E-state index contributed by atoms with van der Waals surface area (Å²) < 4.78 is 0. The van der Waals surface area contributed by atoms with Gasteiger partial charge in [-0.3, -0.25) is 9.69 Å². The molecular weight excluding hydrogens is 500 g/mol. The number of hydrogen-bond donors (Lipinski definition) is 3. The number of likely N-dealkylation sites (N-methyl/N-ethyl adjacent to an activating group) is 2. The van der Waals surface area contributed by atoms with E-state index in [-0.39, 0.29) is 11.8 Å². The summed E-state index contributed by atoms with van der Waals surface area (Å²) in [6.07, 6.45) is 0. The summed E-state index contributed by atoms with van der Waals surface area (Å²) in [6, 6.07) is 20.3. The average molecular weight is 531 g/mol. The largest absolute Gasteiger partial charge is 0.494 e. The van der Waals surface area contributed by atoms with E-state index in [1.54, 1.807) is 36.2 Å². The van der Waals surface area contributed by atoms with Gasteiger partial charge >= 0.3 is 0 Å². The fourth-order valence-corrected chi connectivity index (χ4v) is 4.80. The van der Waals surface area contributed by atoms with Crippen LogP contribution in [0.25, 0.3) is 10.9 Å². The Hall–Kier alpha value is -3.85. The van der Waals surface area contributed by atoms with Crippen LogP contribution in [-0.2, 0) is 4.79 Å². The molecule has 38 heavy (non-hydrogen) atoms. The quantitative estimate of drug-likeness (QED) is 0.252. The Morgan fingerprint density at radius 2 is 1.74 bits per heavy atom. The Morgan fingerprint density at radius 1 is 1.05 bits per heavy atom. The third-order valence-corrected chi connectivity index (χ3v) is 7.20. The molecule has 1 aliphatic heterocycles. The average Bonchev–Trinajstić information content (AvgIpc) is 3.23. The van der Waals surface area contributed by atoms with Gasteiger partial charge in [-0.25, -0.2) is 4.99 Å². The number of rotatable bonds is 6. The van der Waals surface area contributed by atoms with E-state index in [4.69, 9.17) is 22.3 Å². The molecule has 0 unspecified atom stereocenters. The lowest BCUT2D eigenvalue weighted by molar-refractivity contribution is -0.119. The Balaban J connectivity index is 1.44. The highest BCUT2D eigenvalue weighted by molar-refractivity contribution is 6.31. The van der Waals surface area contributed by atoms with Crippen LogP contribution in [0.1, 0.15) is 11.1 Å². The van der Waals surface area contributed by atoms with Gasteiger partial charge in [-0.2, -0.15) is 0 Å². The summed E-state index contributed by atoms with van der Waals surface area (Å²) in [4.78, 5) is 27.0. The number of nitrogens with zero attached hydrogens (tertiary/aromatic N) is 4. The molecule has 4 aromatic rings. The monoisotopic (exact) mass is 530 g/mol. The lowest BCUT2D eigenvalue weighted by Gasteiger charge is -2.32. The number of aromatic amines is 1. The number of anilines is 2. The Bertz CT molecular complexity index is 1470. The molecule has 196 valence electrons. The molecule has 1 amide bonds. The summed E-state index contributed by atoms with van der Waals surface area (Å²) in [5.41, 5.74) is 10.7. The maximum absolute atomic E-state index is 12.9. The second-order valence-electron chi connectivity index (χ2n) is 9.67. The van der Waals surface area contributed by atoms with Crippen molar-refractivity contribution in [2.75, 3.05) is 57.5 Å². The number of aliphatic imine (C=N–C) groups is 1. The molecule has 1 saturated heterocycles. The van der Waals surface area contributed by atoms with Crippen molar-refractivity contribution in [3.05, 3.63) is 82.9 Å². The highest BCUT2D eigenvalue weighted by atomic mass is 35.5. The summed E-state index contributed by atoms with van der Waals surface area (Å²) in [7, 11) is 3.90. The van der Waals surface area contributed by atoms with Crippen LogP contribution in [0.15, 0.2) is 71.7 Å². The van der Waals surface area contributed by atoms with Gasteiger partial charge in [0.05, 0.1) is 29.0 Å². The molecule has 5 rings (SSSR count). The molecular formula is C29H31ClN6O2. The standard InChI is InChI=1S/C29H31ClN6O2/c1-34-13-15-36(16-14-34)18-26(37)35(2)23-10-8-22(9-11-23)32-28(19-3-6-21(31)7-4-19)27-24-12-5-20(30)17-25(24)33-29(27)38/h3-12,17,33,38H,13-16,18,31H2,1-2H3. The third kappa shape index (κ3) is 5.52. The van der Waals surface area contributed by atoms with Gasteiger partial charge in [-0.1, -0.05) is 29.8 Å². The van der Waals surface area contributed by atoms with Gasteiger partial charge in [0.15, 0.2) is 5.88 Å². The van der Waals surface area contributed by atoms with Crippen molar-refractivity contribution in [1.82, 2.24) is 14.8 Å². The van der Waals surface area contributed by atoms with Crippen molar-refractivity contribution < 1.29 is 9.90 Å². The van der Waals surface area contributed by atoms with E-state index in [9.17, 15) is 9.90 Å². The van der Waals surface area contributed by atoms with Gasteiger partial charge in [-0.15, -0.1) is 0 Å². The zero-order valence-corrected chi connectivity index (χ0v) is 22.2. The number of fused-ring (bicyclic) bond motifs is 1. The zero-order chi connectivity index (χ0) is 26.8. The van der Waals surface area contributed by atoms with Crippen molar-refractivity contribution in [2.45, 2.75) is 0 Å². The lowest BCUT2D eigenvalue weighted by Crippen LogP contribution is -2.48. The number of carbonyl (C=O) groups excluding carboxylic acids is 1. The van der Waals surface area contributed by atoms with Crippen LogP contribution in [0.5, 0.6) is 5.88 Å². The van der Waals surface area contributed by atoms with Crippen LogP contribution >= 0.6 is 11.6 Å². The van der Waals surface area contributed by atoms with E-state index in [0.29, 0.717) is 39.7 Å². The first-order valence-corrected chi connectivity index (χ1v) is 12.9. The normalized spacial score (nSPS) is 15.2. The Morgan fingerprint density at radius 3 is 2.42 bits per heavy atom. The number of nitrogen functional groups attached to an aromatic ring is 1. The maximum Gasteiger partial charge on any atom is 0.240 e. The van der Waals surface area contributed by atoms with Crippen LogP contribution in [0.2, 0.25) is 5.02 Å². The molecule has 0 saturated carbocycles. The second kappa shape index (κ2) is 10.9. The highest BCUT2D eigenvalue weighted by Crippen LogP contribution is 2.33. The Kier molecular flexibility index (Phi) is 7.37. The SMILES string of the molecule is CN1CCN(CC(=O)N(C)c2ccc(N=C(c3ccc(N)cc3)c3c(O)[nH]c4cc(Cl)ccc34)cc2)CC1. The number of aromatic nitrogens is 1. The second-order valence-corrected chi connectivity index (χ2v) is 10.1. The minimum Gasteiger partial charge on any atom is -0.494 e. The first-order chi connectivity index (χ1) is 18.3. The van der Waals surface area contributed by atoms with E-state index in [1.165, 1.54) is 0 Å². The molecule has 0 spiro atoms. The van der Waals surface area contributed by atoms with Gasteiger partial charge in [0.25, 0.3) is 0 Å². The predicted molar refractivity (Wildman–Crippen MR) is 155 cm³/mol. The number of halogens is 1. The molecule has 3 aromatic carbocycles. The minimum atomic E-state index is 0.00342. The molecule has 0 bridgehead atoms. The fourth-order valence-electron chi connectivity index (χ4n) is 4.63. The number of benzene rings is 3. The number of amides is 1. The molecule has 8 nitrogen and oxygen atoms in total. The van der Waals surface area contributed by atoms with E-state index in [1.807, 2.05) is 42.5 Å². The summed E-state index contributed by atoms with van der Waals surface area (Å²) in [5.74, 6) is 0.0550. The third-order valence-electron chi connectivity index (χ3n) is 6.97. The van der Waals surface area contributed by atoms with Gasteiger partial charge in [0.1, 0.15) is 0 Å². The Labute approximate surface area is 226 Å². The number of nitrogens with one attached hydrogen (secondary N) is 1. The summed E-state index contributed by atoms with van der Waals surface area (Å²) in [6.45, 7) is 4.13. The summed E-state index contributed by atoms with van der Waals surface area (Å²) in [5, 5.41) is 12.2. The first kappa shape index (κ1) is 25.8. The van der Waals surface area contributed by atoms with Crippen molar-refractivity contribution in [3.63, 3.8) is 0 Å². The molecule has 0 atom stereocenters. The van der Waals surface area contributed by atoms with Gasteiger partial charge < -0.3 is 25.6 Å². The molecule has 1 aromatic heterocycles. The molecule has 9 heteroatoms. The van der Waals surface area contributed by atoms with Crippen LogP contribution < -0.4 is 10.6 Å². The maximum atomic E-state index is 12.9. The number of hydrogen-bond acceptors (Lipinski definition) is 6. The molecule has 0 aliphatic carbocycles. The smallest absolute Gasteiger partial charge is 0.240 e. The highest BCUT2D eigenvalue weighted by Gasteiger charge is 2.21. The van der Waals surface area contributed by atoms with E-state index >= 15 is 0 Å². The minimum absolute atomic E-state index is 0.00342. The molecule has 2 heterocycles. The number of nitrogens with two attached hydrogens (primary N) is 1. The van der Waals surface area contributed by atoms with Crippen molar-refractivity contribution in [3.8, 4) is 5.88 Å². The number of carbonyl (C=O) groups is 1. The van der Waals surface area contributed by atoms with Gasteiger partial charge in [0, 0.05) is 60.6 Å². The van der Waals surface area contributed by atoms with E-state index in [0.717, 1.165) is 42.8 Å². The first-order valence-electron chi connectivity index (χ1n) is 12.5. The van der Waals surface area contributed by atoms with Crippen LogP contribution in [0.4, 0.5) is 17.1 Å². The zero-order valence-electron chi connectivity index (χ0n) is 21.5. The molecule has 1 aliphatic rings. The van der Waals surface area contributed by atoms with Crippen molar-refractivity contribution in [2.24, 2.45) is 4.99 Å². The van der Waals surface area contributed by atoms with Crippen molar-refractivity contribution >= 4 is 51.2 Å². The van der Waals surface area contributed by atoms with Gasteiger partial charge in [-0.05, 0) is 55.6 Å². The molecule has 4 N–H and O–H groups in total. The lowest BCUT2D eigenvalue weighted by atomic mass is 10.0. The molecule has 1 fully saturated rings. The molecule has 0 radical (unpaired) electrons. The number of H-pyrrole nitrogens is 1. The van der Waals surface area contributed by atoms with E-state index in [2.05, 4.69) is 21.8 Å². The number of piperazine rings is 1. The fraction of sp³-hybridized carbons (Fsp3) is 0.241. The van der Waals surface area contributed by atoms with E-state index < -0.39 is 0 Å². The number of aromatic hydroxyl groups is 1.